The molecule has 1 aliphatic heterocycles. The summed E-state index contributed by atoms with van der Waals surface area (Å²) in [6.45, 7) is 8.51. The van der Waals surface area contributed by atoms with Gasteiger partial charge in [0.25, 0.3) is 0 Å². The van der Waals surface area contributed by atoms with Gasteiger partial charge in [-0.1, -0.05) is 26.8 Å². The SMILES string of the molecule is Cc1ccc(NC(=O)C(C)(C)C)cc1NC(=O)CC1CSCCN1.Cl. The highest BCUT2D eigenvalue weighted by Gasteiger charge is 2.21. The summed E-state index contributed by atoms with van der Waals surface area (Å²) in [5.74, 6) is 2.02. The maximum atomic E-state index is 12.3. The first kappa shape index (κ1) is 21.8. The van der Waals surface area contributed by atoms with Gasteiger partial charge in [0.2, 0.25) is 11.8 Å². The number of carbonyl (C=O) groups is 2. The first-order valence-corrected chi connectivity index (χ1v) is 9.44. The van der Waals surface area contributed by atoms with E-state index < -0.39 is 5.41 Å². The Balaban J connectivity index is 0.00000312. The number of thioether (sulfide) groups is 1. The zero-order chi connectivity index (χ0) is 17.7. The van der Waals surface area contributed by atoms with Gasteiger partial charge in [0.15, 0.2) is 0 Å². The van der Waals surface area contributed by atoms with E-state index in [1.54, 1.807) is 0 Å². The molecule has 7 heteroatoms. The average molecular weight is 386 g/mol. The monoisotopic (exact) mass is 385 g/mol. The number of carbonyl (C=O) groups excluding carboxylic acids is 2. The van der Waals surface area contributed by atoms with Crippen molar-refractivity contribution in [3.05, 3.63) is 23.8 Å². The second-order valence-corrected chi connectivity index (χ2v) is 8.36. The zero-order valence-electron chi connectivity index (χ0n) is 15.3. The summed E-state index contributed by atoms with van der Waals surface area (Å²) in [6.07, 6.45) is 0.463. The second-order valence-electron chi connectivity index (χ2n) is 7.21. The van der Waals surface area contributed by atoms with Crippen molar-refractivity contribution in [1.82, 2.24) is 5.32 Å². The fourth-order valence-electron chi connectivity index (χ4n) is 2.33. The Bertz CT molecular complexity index is 611. The third-order valence-corrected chi connectivity index (χ3v) is 5.01. The molecule has 1 fully saturated rings. The number of rotatable bonds is 4. The molecule has 0 bridgehead atoms. The lowest BCUT2D eigenvalue weighted by Gasteiger charge is -2.23. The molecule has 1 heterocycles. The Hall–Kier alpha value is -1.24. The summed E-state index contributed by atoms with van der Waals surface area (Å²) in [5.41, 5.74) is 1.96. The Labute approximate surface area is 160 Å². The van der Waals surface area contributed by atoms with Crippen molar-refractivity contribution < 1.29 is 9.59 Å². The summed E-state index contributed by atoms with van der Waals surface area (Å²) in [6, 6.07) is 5.81. The molecule has 5 nitrogen and oxygen atoms in total. The number of benzene rings is 1. The fraction of sp³-hybridized carbons (Fsp3) is 0.556. The van der Waals surface area contributed by atoms with E-state index in [0.717, 1.165) is 29.3 Å². The minimum atomic E-state index is -0.460. The van der Waals surface area contributed by atoms with Crippen LogP contribution in [-0.4, -0.2) is 35.9 Å². The third kappa shape index (κ3) is 6.88. The van der Waals surface area contributed by atoms with E-state index in [0.29, 0.717) is 12.1 Å². The van der Waals surface area contributed by atoms with Gasteiger partial charge in [0, 0.05) is 47.3 Å². The minimum Gasteiger partial charge on any atom is -0.326 e. The fourth-order valence-corrected chi connectivity index (χ4v) is 3.28. The molecular weight excluding hydrogens is 358 g/mol. The highest BCUT2D eigenvalue weighted by Crippen LogP contribution is 2.23. The molecule has 3 N–H and O–H groups in total. The molecule has 0 aliphatic carbocycles. The van der Waals surface area contributed by atoms with Gasteiger partial charge in [0.05, 0.1) is 0 Å². The van der Waals surface area contributed by atoms with E-state index in [9.17, 15) is 9.59 Å². The predicted molar refractivity (Wildman–Crippen MR) is 109 cm³/mol. The molecule has 1 aromatic carbocycles. The van der Waals surface area contributed by atoms with Gasteiger partial charge in [-0.25, -0.2) is 0 Å². The number of amides is 2. The van der Waals surface area contributed by atoms with Crippen LogP contribution in [0.15, 0.2) is 18.2 Å². The Morgan fingerprint density at radius 2 is 2.00 bits per heavy atom. The number of hydrogen-bond donors (Lipinski definition) is 3. The van der Waals surface area contributed by atoms with Crippen molar-refractivity contribution in [3.63, 3.8) is 0 Å². The van der Waals surface area contributed by atoms with Crippen LogP contribution < -0.4 is 16.0 Å². The van der Waals surface area contributed by atoms with Gasteiger partial charge in [0.1, 0.15) is 0 Å². The Morgan fingerprint density at radius 1 is 1.28 bits per heavy atom. The molecule has 1 aromatic rings. The van der Waals surface area contributed by atoms with Crippen LogP contribution in [0.2, 0.25) is 0 Å². The van der Waals surface area contributed by atoms with E-state index in [-0.39, 0.29) is 30.3 Å². The van der Waals surface area contributed by atoms with Crippen molar-refractivity contribution in [2.75, 3.05) is 28.7 Å². The molecule has 2 amide bonds. The lowest BCUT2D eigenvalue weighted by Crippen LogP contribution is -2.39. The Morgan fingerprint density at radius 3 is 2.60 bits per heavy atom. The van der Waals surface area contributed by atoms with Crippen molar-refractivity contribution in [1.29, 1.82) is 0 Å². The minimum absolute atomic E-state index is 0. The third-order valence-electron chi connectivity index (χ3n) is 3.88. The van der Waals surface area contributed by atoms with Crippen LogP contribution in [0.3, 0.4) is 0 Å². The first-order chi connectivity index (χ1) is 11.3. The van der Waals surface area contributed by atoms with Gasteiger partial charge >= 0.3 is 0 Å². The molecule has 1 atom stereocenters. The topological polar surface area (TPSA) is 70.2 Å². The second kappa shape index (κ2) is 9.46. The molecule has 140 valence electrons. The zero-order valence-corrected chi connectivity index (χ0v) is 16.9. The normalized spacial score (nSPS) is 17.4. The number of aryl methyl sites for hydroxylation is 1. The number of anilines is 2. The summed E-state index contributed by atoms with van der Waals surface area (Å²) in [5, 5.41) is 9.23. The largest absolute Gasteiger partial charge is 0.326 e. The quantitative estimate of drug-likeness (QED) is 0.742. The molecular formula is C18H28ClN3O2S. The van der Waals surface area contributed by atoms with E-state index in [4.69, 9.17) is 0 Å². The molecule has 25 heavy (non-hydrogen) atoms. The molecule has 0 spiro atoms. The maximum absolute atomic E-state index is 12.3. The molecule has 2 rings (SSSR count). The van der Waals surface area contributed by atoms with Crippen molar-refractivity contribution in [3.8, 4) is 0 Å². The summed E-state index contributed by atoms with van der Waals surface area (Å²) in [4.78, 5) is 24.4. The van der Waals surface area contributed by atoms with Gasteiger partial charge < -0.3 is 16.0 Å². The maximum Gasteiger partial charge on any atom is 0.229 e. The van der Waals surface area contributed by atoms with Crippen LogP contribution in [0.4, 0.5) is 11.4 Å². The number of nitrogens with one attached hydrogen (secondary N) is 3. The first-order valence-electron chi connectivity index (χ1n) is 8.29. The Kier molecular flexibility index (Phi) is 8.25. The van der Waals surface area contributed by atoms with Crippen molar-refractivity contribution in [2.24, 2.45) is 5.41 Å². The lowest BCUT2D eigenvalue weighted by molar-refractivity contribution is -0.123. The summed E-state index contributed by atoms with van der Waals surface area (Å²) in [7, 11) is 0. The highest BCUT2D eigenvalue weighted by atomic mass is 35.5. The highest BCUT2D eigenvalue weighted by molar-refractivity contribution is 7.99. The molecule has 1 aliphatic rings. The summed E-state index contributed by atoms with van der Waals surface area (Å²) >= 11 is 1.88. The smallest absolute Gasteiger partial charge is 0.229 e. The number of halogens is 1. The number of hydrogen-bond acceptors (Lipinski definition) is 4. The standard InChI is InChI=1S/C18H27N3O2S.ClH/c1-12-5-6-13(20-17(23)18(2,3)4)9-15(12)21-16(22)10-14-11-24-8-7-19-14;/h5-6,9,14,19H,7-8,10-11H2,1-4H3,(H,20,23)(H,21,22);1H. The van der Waals surface area contributed by atoms with E-state index in [1.165, 1.54) is 0 Å². The van der Waals surface area contributed by atoms with Crippen LogP contribution in [0.1, 0.15) is 32.8 Å². The lowest BCUT2D eigenvalue weighted by atomic mass is 9.95. The van der Waals surface area contributed by atoms with Crippen LogP contribution in [0.25, 0.3) is 0 Å². The van der Waals surface area contributed by atoms with Gasteiger partial charge in [-0.2, -0.15) is 11.8 Å². The van der Waals surface area contributed by atoms with Crippen molar-refractivity contribution >= 4 is 47.4 Å². The van der Waals surface area contributed by atoms with Gasteiger partial charge in [-0.15, -0.1) is 12.4 Å². The van der Waals surface area contributed by atoms with Gasteiger partial charge in [-0.05, 0) is 24.6 Å². The summed E-state index contributed by atoms with van der Waals surface area (Å²) < 4.78 is 0. The molecule has 0 radical (unpaired) electrons. The predicted octanol–water partition coefficient (Wildman–Crippen LogP) is 3.44. The molecule has 0 aromatic heterocycles. The van der Waals surface area contributed by atoms with E-state index in [2.05, 4.69) is 16.0 Å². The van der Waals surface area contributed by atoms with Gasteiger partial charge in [-0.3, -0.25) is 9.59 Å². The molecule has 1 saturated heterocycles. The van der Waals surface area contributed by atoms with Crippen molar-refractivity contribution in [2.45, 2.75) is 40.2 Å². The van der Waals surface area contributed by atoms with Crippen LogP contribution in [0, 0.1) is 12.3 Å². The molecule has 0 saturated carbocycles. The van der Waals surface area contributed by atoms with E-state index >= 15 is 0 Å². The van der Waals surface area contributed by atoms with E-state index in [1.807, 2.05) is 57.7 Å². The molecule has 1 unspecified atom stereocenters. The average Bonchev–Trinajstić information content (AvgIpc) is 2.50. The van der Waals surface area contributed by atoms with Crippen LogP contribution in [0.5, 0.6) is 0 Å². The van der Waals surface area contributed by atoms with Crippen LogP contribution in [-0.2, 0) is 9.59 Å². The van der Waals surface area contributed by atoms with Crippen LogP contribution >= 0.6 is 24.2 Å².